The predicted octanol–water partition coefficient (Wildman–Crippen LogP) is 0.776. The van der Waals surface area contributed by atoms with Crippen LogP contribution in [0, 0.1) is 0 Å². The smallest absolute Gasteiger partial charge is 0.339 e. The van der Waals surface area contributed by atoms with E-state index in [2.05, 4.69) is 5.32 Å². The fourth-order valence-electron chi connectivity index (χ4n) is 1.73. The van der Waals surface area contributed by atoms with Gasteiger partial charge in [-0.2, -0.15) is 8.42 Å². The van der Waals surface area contributed by atoms with Crippen molar-refractivity contribution < 1.29 is 27.3 Å². The Labute approximate surface area is 132 Å². The van der Waals surface area contributed by atoms with Gasteiger partial charge >= 0.3 is 10.1 Å². The van der Waals surface area contributed by atoms with E-state index in [1.54, 1.807) is 0 Å². The topological polar surface area (TPSA) is 113 Å². The summed E-state index contributed by atoms with van der Waals surface area (Å²) >= 11 is 0. The number of carboxylic acids is 1. The number of amides is 1. The van der Waals surface area contributed by atoms with Crippen molar-refractivity contribution in [2.75, 3.05) is 5.32 Å². The molecule has 0 saturated heterocycles. The summed E-state index contributed by atoms with van der Waals surface area (Å²) in [4.78, 5) is 21.4. The van der Waals surface area contributed by atoms with E-state index in [1.165, 1.54) is 55.5 Å². The number of benzene rings is 2. The number of carboxylic acid groups (broad SMARTS) is 1. The molecule has 0 saturated carbocycles. The average Bonchev–Trinajstić information content (AvgIpc) is 2.47. The fourth-order valence-corrected chi connectivity index (χ4v) is 2.66. The van der Waals surface area contributed by atoms with Crippen molar-refractivity contribution in [3.8, 4) is 5.75 Å². The van der Waals surface area contributed by atoms with Crippen molar-refractivity contribution in [1.82, 2.24) is 0 Å². The van der Waals surface area contributed by atoms with E-state index in [9.17, 15) is 23.1 Å². The molecule has 2 aromatic rings. The number of hydrogen-bond donors (Lipinski definition) is 1. The predicted molar refractivity (Wildman–Crippen MR) is 79.3 cm³/mol. The van der Waals surface area contributed by atoms with Gasteiger partial charge in [0.2, 0.25) is 5.91 Å². The highest BCUT2D eigenvalue weighted by atomic mass is 32.2. The van der Waals surface area contributed by atoms with E-state index in [0.717, 1.165) is 0 Å². The minimum absolute atomic E-state index is 0.0269. The van der Waals surface area contributed by atoms with Crippen molar-refractivity contribution in [3.05, 3.63) is 54.1 Å². The second kappa shape index (κ2) is 6.49. The summed E-state index contributed by atoms with van der Waals surface area (Å²) in [5.74, 6) is -1.67. The number of aromatic carboxylic acids is 1. The van der Waals surface area contributed by atoms with Gasteiger partial charge in [0.05, 0.1) is 5.97 Å². The summed E-state index contributed by atoms with van der Waals surface area (Å²) in [6.45, 7) is 1.34. The zero-order valence-electron chi connectivity index (χ0n) is 12.0. The Morgan fingerprint density at radius 2 is 1.57 bits per heavy atom. The summed E-state index contributed by atoms with van der Waals surface area (Å²) in [6, 6.07) is 10.2. The molecule has 0 aliphatic rings. The summed E-state index contributed by atoms with van der Waals surface area (Å²) < 4.78 is 29.1. The molecule has 0 fully saturated rings. The Balaban J connectivity index is 2.17. The highest BCUT2D eigenvalue weighted by Crippen LogP contribution is 2.20. The third kappa shape index (κ3) is 4.30. The monoisotopic (exact) mass is 334 g/mol. The zero-order chi connectivity index (χ0) is 17.0. The standard InChI is InChI=1S/C15H13NO6S/c1-10(17)16-12-4-8-14(9-5-12)23(20,21)22-13-6-2-11(3-7-13)15(18)19/h2-9H,1H3,(H,16,17)(H,18,19)/p-1. The number of nitrogens with one attached hydrogen (secondary N) is 1. The molecule has 2 aromatic carbocycles. The minimum atomic E-state index is -4.07. The van der Waals surface area contributed by atoms with Crippen LogP contribution in [-0.4, -0.2) is 20.3 Å². The van der Waals surface area contributed by atoms with Crippen LogP contribution >= 0.6 is 0 Å². The summed E-state index contributed by atoms with van der Waals surface area (Å²) in [7, 11) is -4.07. The number of anilines is 1. The first-order chi connectivity index (χ1) is 10.8. The quantitative estimate of drug-likeness (QED) is 0.808. The SMILES string of the molecule is CC(=O)Nc1ccc(S(=O)(=O)Oc2ccc(C(=O)[O-])cc2)cc1. The molecule has 8 heteroatoms. The van der Waals surface area contributed by atoms with E-state index in [0.29, 0.717) is 5.69 Å². The van der Waals surface area contributed by atoms with Gasteiger partial charge in [-0.1, -0.05) is 0 Å². The maximum atomic E-state index is 12.1. The first kappa shape index (κ1) is 16.5. The van der Waals surface area contributed by atoms with Crippen LogP contribution < -0.4 is 14.6 Å². The Bertz CT molecular complexity index is 825. The summed E-state index contributed by atoms with van der Waals surface area (Å²) in [5.41, 5.74) is 0.365. The highest BCUT2D eigenvalue weighted by molar-refractivity contribution is 7.87. The van der Waals surface area contributed by atoms with E-state index in [4.69, 9.17) is 4.18 Å². The zero-order valence-corrected chi connectivity index (χ0v) is 12.8. The lowest BCUT2D eigenvalue weighted by molar-refractivity contribution is -0.255. The molecule has 0 aromatic heterocycles. The first-order valence-electron chi connectivity index (χ1n) is 6.41. The van der Waals surface area contributed by atoms with Crippen molar-refractivity contribution in [1.29, 1.82) is 0 Å². The van der Waals surface area contributed by atoms with Gasteiger partial charge in [0.1, 0.15) is 10.6 Å². The van der Waals surface area contributed by atoms with Crippen molar-refractivity contribution in [2.45, 2.75) is 11.8 Å². The van der Waals surface area contributed by atoms with Crippen LogP contribution in [0.25, 0.3) is 0 Å². The van der Waals surface area contributed by atoms with Gasteiger partial charge in [0.25, 0.3) is 0 Å². The average molecular weight is 334 g/mol. The van der Waals surface area contributed by atoms with Gasteiger partial charge in [-0.25, -0.2) is 0 Å². The Morgan fingerprint density at radius 3 is 2.04 bits per heavy atom. The molecule has 7 nitrogen and oxygen atoms in total. The fraction of sp³-hybridized carbons (Fsp3) is 0.0667. The molecule has 0 atom stereocenters. The molecule has 0 radical (unpaired) electrons. The maximum Gasteiger partial charge on any atom is 0.339 e. The molecule has 23 heavy (non-hydrogen) atoms. The van der Waals surface area contributed by atoms with Crippen LogP contribution in [0.3, 0.4) is 0 Å². The molecule has 0 heterocycles. The molecule has 0 spiro atoms. The van der Waals surface area contributed by atoms with Crippen LogP contribution in [0.2, 0.25) is 0 Å². The van der Waals surface area contributed by atoms with E-state index in [1.807, 2.05) is 0 Å². The second-order valence-electron chi connectivity index (χ2n) is 4.55. The van der Waals surface area contributed by atoms with Crippen molar-refractivity contribution >= 4 is 27.7 Å². The molecule has 120 valence electrons. The van der Waals surface area contributed by atoms with Crippen molar-refractivity contribution in [3.63, 3.8) is 0 Å². The van der Waals surface area contributed by atoms with E-state index in [-0.39, 0.29) is 22.1 Å². The van der Waals surface area contributed by atoms with Gasteiger partial charge in [-0.15, -0.1) is 0 Å². The molecular weight excluding hydrogens is 322 g/mol. The Kier molecular flexibility index (Phi) is 4.65. The number of carbonyl (C=O) groups excluding carboxylic acids is 2. The van der Waals surface area contributed by atoms with Crippen LogP contribution in [0.1, 0.15) is 17.3 Å². The maximum absolute atomic E-state index is 12.1. The highest BCUT2D eigenvalue weighted by Gasteiger charge is 2.16. The second-order valence-corrected chi connectivity index (χ2v) is 6.10. The summed E-state index contributed by atoms with van der Waals surface area (Å²) in [5, 5.41) is 13.1. The van der Waals surface area contributed by atoms with Gasteiger partial charge in [0.15, 0.2) is 0 Å². The Morgan fingerprint density at radius 1 is 1.00 bits per heavy atom. The van der Waals surface area contributed by atoms with Gasteiger partial charge in [-0.3, -0.25) is 4.79 Å². The molecule has 0 unspecified atom stereocenters. The third-order valence-electron chi connectivity index (χ3n) is 2.76. The lowest BCUT2D eigenvalue weighted by Gasteiger charge is -2.09. The third-order valence-corrected chi connectivity index (χ3v) is 4.02. The van der Waals surface area contributed by atoms with Crippen LogP contribution in [0.4, 0.5) is 5.69 Å². The van der Waals surface area contributed by atoms with Gasteiger partial charge < -0.3 is 19.4 Å². The molecule has 0 aliphatic carbocycles. The molecule has 2 rings (SSSR count). The van der Waals surface area contributed by atoms with E-state index < -0.39 is 16.1 Å². The number of carbonyl (C=O) groups is 2. The molecular formula is C15H12NO6S-. The van der Waals surface area contributed by atoms with Gasteiger partial charge in [-0.05, 0) is 54.1 Å². The molecule has 0 bridgehead atoms. The minimum Gasteiger partial charge on any atom is -0.545 e. The first-order valence-corrected chi connectivity index (χ1v) is 7.82. The Hall–Kier alpha value is -2.87. The van der Waals surface area contributed by atoms with E-state index >= 15 is 0 Å². The lowest BCUT2D eigenvalue weighted by Crippen LogP contribution is -2.22. The number of hydrogen-bond acceptors (Lipinski definition) is 6. The van der Waals surface area contributed by atoms with Gasteiger partial charge in [0, 0.05) is 12.6 Å². The largest absolute Gasteiger partial charge is 0.545 e. The molecule has 1 N–H and O–H groups in total. The van der Waals surface area contributed by atoms with Crippen LogP contribution in [0.5, 0.6) is 5.75 Å². The lowest BCUT2D eigenvalue weighted by atomic mass is 10.2. The van der Waals surface area contributed by atoms with Crippen molar-refractivity contribution in [2.24, 2.45) is 0 Å². The number of rotatable bonds is 5. The normalized spacial score (nSPS) is 10.8. The molecule has 1 amide bonds. The molecule has 0 aliphatic heterocycles. The summed E-state index contributed by atoms with van der Waals surface area (Å²) in [6.07, 6.45) is 0. The van der Waals surface area contributed by atoms with Crippen LogP contribution in [-0.2, 0) is 14.9 Å². The van der Waals surface area contributed by atoms with Crippen LogP contribution in [0.15, 0.2) is 53.4 Å².